The molecule has 2 bridgehead atoms. The molecule has 1 aromatic heterocycles. The molecule has 3 atom stereocenters. The van der Waals surface area contributed by atoms with Crippen molar-refractivity contribution < 1.29 is 14.7 Å². The summed E-state index contributed by atoms with van der Waals surface area (Å²) in [5, 5.41) is 13.7. The minimum Gasteiger partial charge on any atom is -0.394 e. The zero-order chi connectivity index (χ0) is 17.6. The van der Waals surface area contributed by atoms with Crippen LogP contribution in [0.1, 0.15) is 36.9 Å². The van der Waals surface area contributed by atoms with Crippen LogP contribution in [0.15, 0.2) is 28.1 Å². The maximum Gasteiger partial charge on any atom is 0.270 e. The molecule has 0 spiro atoms. The van der Waals surface area contributed by atoms with Gasteiger partial charge in [-0.3, -0.25) is 14.4 Å². The van der Waals surface area contributed by atoms with Crippen molar-refractivity contribution in [2.75, 3.05) is 19.7 Å². The molecule has 8 nitrogen and oxygen atoms in total. The highest BCUT2D eigenvalue weighted by Gasteiger charge is 2.42. The maximum absolute atomic E-state index is 12.8. The highest BCUT2D eigenvalue weighted by Crippen LogP contribution is 2.40. The summed E-state index contributed by atoms with van der Waals surface area (Å²) in [4.78, 5) is 38.0. The average Bonchev–Trinajstić information content (AvgIpc) is 2.63. The second kappa shape index (κ2) is 6.11. The van der Waals surface area contributed by atoms with Crippen molar-refractivity contribution in [3.8, 4) is 0 Å². The van der Waals surface area contributed by atoms with Crippen LogP contribution in [0, 0.1) is 5.92 Å². The predicted octanol–water partition coefficient (Wildman–Crippen LogP) is -0.407. The average molecular weight is 344 g/mol. The number of likely N-dealkylation sites (tertiary alicyclic amines) is 1. The van der Waals surface area contributed by atoms with E-state index in [1.807, 2.05) is 6.07 Å². The lowest BCUT2D eigenvalue weighted by atomic mass is 9.78. The first-order valence-corrected chi connectivity index (χ1v) is 8.55. The Balaban J connectivity index is 1.64. The minimum absolute atomic E-state index is 0.0269. The van der Waals surface area contributed by atoms with Crippen molar-refractivity contribution in [2.45, 2.75) is 31.2 Å². The lowest BCUT2D eigenvalue weighted by Gasteiger charge is -2.46. The number of fused-ring (bicyclic) bond motifs is 4. The smallest absolute Gasteiger partial charge is 0.270 e. The molecule has 25 heavy (non-hydrogen) atoms. The fraction of sp³-hybridized carbons (Fsp3) is 0.529. The molecule has 2 N–H and O–H groups in total. The highest BCUT2D eigenvalue weighted by molar-refractivity contribution is 6.39. The largest absolute Gasteiger partial charge is 0.394 e. The number of aliphatic hydroxyl groups is 1. The second-order valence-corrected chi connectivity index (χ2v) is 6.91. The van der Waals surface area contributed by atoms with Crippen LogP contribution >= 0.6 is 0 Å². The zero-order valence-corrected chi connectivity index (χ0v) is 13.7. The molecule has 132 valence electrons. The number of piperidine rings is 1. The predicted molar refractivity (Wildman–Crippen MR) is 89.1 cm³/mol. The van der Waals surface area contributed by atoms with E-state index >= 15 is 0 Å². The van der Waals surface area contributed by atoms with E-state index in [1.54, 1.807) is 15.5 Å². The van der Waals surface area contributed by atoms with Crippen molar-refractivity contribution in [1.29, 1.82) is 0 Å². The molecule has 1 fully saturated rings. The molecule has 2 amide bonds. The van der Waals surface area contributed by atoms with Crippen LogP contribution in [0.2, 0.25) is 0 Å². The molecule has 3 aliphatic heterocycles. The normalized spacial score (nSPS) is 28.0. The Morgan fingerprint density at radius 2 is 2.12 bits per heavy atom. The summed E-state index contributed by atoms with van der Waals surface area (Å²) in [6.07, 6.45) is 1.46. The molecule has 0 saturated carbocycles. The molecule has 8 heteroatoms. The van der Waals surface area contributed by atoms with Crippen molar-refractivity contribution in [3.63, 3.8) is 0 Å². The van der Waals surface area contributed by atoms with E-state index in [9.17, 15) is 19.5 Å². The number of hydrogen-bond acceptors (Lipinski definition) is 5. The van der Waals surface area contributed by atoms with E-state index in [0.29, 0.717) is 25.2 Å². The lowest BCUT2D eigenvalue weighted by molar-refractivity contribution is -0.127. The van der Waals surface area contributed by atoms with Crippen LogP contribution in [0.5, 0.6) is 0 Å². The van der Waals surface area contributed by atoms with Gasteiger partial charge in [-0.2, -0.15) is 5.10 Å². The van der Waals surface area contributed by atoms with Crippen molar-refractivity contribution in [1.82, 2.24) is 14.9 Å². The summed E-state index contributed by atoms with van der Waals surface area (Å²) in [6.45, 7) is 0.867. The number of rotatable bonds is 2. The van der Waals surface area contributed by atoms with E-state index in [-0.39, 0.29) is 48.3 Å². The van der Waals surface area contributed by atoms with Gasteiger partial charge in [0.1, 0.15) is 5.71 Å². The standard InChI is InChI=1S/C17H20N4O4/c22-9-14-11-6-10(13-2-1-3-16(24)21(13)14)7-20(8-11)17(25)12-4-5-15(23)19-18-12/h1-3,10-11,14,22H,4-9H2,(H,19,23)/t10-,11+,14+/m1/s1. The highest BCUT2D eigenvalue weighted by atomic mass is 16.3. The summed E-state index contributed by atoms with van der Waals surface area (Å²) < 4.78 is 1.69. The summed E-state index contributed by atoms with van der Waals surface area (Å²) >= 11 is 0. The van der Waals surface area contributed by atoms with Gasteiger partial charge in [0.25, 0.3) is 11.5 Å². The van der Waals surface area contributed by atoms with Crippen molar-refractivity contribution in [2.24, 2.45) is 11.0 Å². The van der Waals surface area contributed by atoms with Crippen LogP contribution < -0.4 is 11.0 Å². The Kier molecular flexibility index (Phi) is 3.91. The van der Waals surface area contributed by atoms with Gasteiger partial charge in [-0.25, -0.2) is 5.43 Å². The third-order valence-electron chi connectivity index (χ3n) is 5.42. The quantitative estimate of drug-likeness (QED) is 0.761. The van der Waals surface area contributed by atoms with Gasteiger partial charge in [-0.05, 0) is 12.5 Å². The van der Waals surface area contributed by atoms with Gasteiger partial charge in [0, 0.05) is 49.5 Å². The summed E-state index contributed by atoms with van der Waals surface area (Å²) in [5.41, 5.74) is 3.50. The van der Waals surface area contributed by atoms with Crippen LogP contribution in [0.25, 0.3) is 0 Å². The third-order valence-corrected chi connectivity index (χ3v) is 5.42. The number of hydrazone groups is 1. The fourth-order valence-corrected chi connectivity index (χ4v) is 4.25. The molecule has 0 radical (unpaired) electrons. The van der Waals surface area contributed by atoms with Gasteiger partial charge in [0.15, 0.2) is 0 Å². The topological polar surface area (TPSA) is 104 Å². The van der Waals surface area contributed by atoms with Gasteiger partial charge in [-0.15, -0.1) is 0 Å². The Morgan fingerprint density at radius 1 is 1.28 bits per heavy atom. The number of amides is 2. The number of pyridine rings is 1. The number of aromatic nitrogens is 1. The molecule has 1 aromatic rings. The first-order chi connectivity index (χ1) is 12.1. The lowest BCUT2D eigenvalue weighted by Crippen LogP contribution is -2.53. The van der Waals surface area contributed by atoms with Crippen molar-refractivity contribution >= 4 is 17.5 Å². The summed E-state index contributed by atoms with van der Waals surface area (Å²) in [5.74, 6) is -0.254. The Hall–Kier alpha value is -2.48. The van der Waals surface area contributed by atoms with E-state index in [2.05, 4.69) is 10.5 Å². The third kappa shape index (κ3) is 2.66. The number of aliphatic hydroxyl groups excluding tert-OH is 1. The van der Waals surface area contributed by atoms with Gasteiger partial charge in [0.2, 0.25) is 5.91 Å². The summed E-state index contributed by atoms with van der Waals surface area (Å²) in [7, 11) is 0. The molecule has 4 heterocycles. The Labute approximate surface area is 144 Å². The van der Waals surface area contributed by atoms with Gasteiger partial charge in [-0.1, -0.05) is 6.07 Å². The zero-order valence-electron chi connectivity index (χ0n) is 13.7. The molecule has 3 aliphatic rings. The molecule has 0 aromatic carbocycles. The minimum atomic E-state index is -0.316. The molecular formula is C17H20N4O4. The molecule has 0 aliphatic carbocycles. The molecule has 0 unspecified atom stereocenters. The number of carbonyl (C=O) groups excluding carboxylic acids is 2. The van der Waals surface area contributed by atoms with Gasteiger partial charge >= 0.3 is 0 Å². The number of carbonyl (C=O) groups is 2. The fourth-order valence-electron chi connectivity index (χ4n) is 4.25. The summed E-state index contributed by atoms with van der Waals surface area (Å²) in [6, 6.07) is 4.82. The van der Waals surface area contributed by atoms with E-state index < -0.39 is 0 Å². The monoisotopic (exact) mass is 344 g/mol. The maximum atomic E-state index is 12.8. The van der Waals surface area contributed by atoms with Gasteiger partial charge < -0.3 is 14.6 Å². The molecule has 1 saturated heterocycles. The van der Waals surface area contributed by atoms with Crippen LogP contribution in [0.3, 0.4) is 0 Å². The first-order valence-electron chi connectivity index (χ1n) is 8.55. The van der Waals surface area contributed by atoms with E-state index in [0.717, 1.165) is 12.1 Å². The number of nitrogens with zero attached hydrogens (tertiary/aromatic N) is 3. The second-order valence-electron chi connectivity index (χ2n) is 6.91. The van der Waals surface area contributed by atoms with E-state index in [4.69, 9.17) is 0 Å². The Bertz CT molecular complexity index is 815. The van der Waals surface area contributed by atoms with Crippen LogP contribution in [-0.4, -0.2) is 51.8 Å². The Morgan fingerprint density at radius 3 is 2.84 bits per heavy atom. The van der Waals surface area contributed by atoms with Crippen LogP contribution in [-0.2, 0) is 9.59 Å². The van der Waals surface area contributed by atoms with Crippen LogP contribution in [0.4, 0.5) is 0 Å². The molecular weight excluding hydrogens is 324 g/mol. The molecule has 4 rings (SSSR count). The SMILES string of the molecule is O=C1CCC(C(=O)N2C[C@H]3C[C@@H](C2)[C@H](CO)n2c3cccc2=O)=NN1. The van der Waals surface area contributed by atoms with E-state index in [1.165, 1.54) is 6.07 Å². The first kappa shape index (κ1) is 16.0. The van der Waals surface area contributed by atoms with Crippen molar-refractivity contribution in [3.05, 3.63) is 34.2 Å². The number of hydrogen-bond donors (Lipinski definition) is 2. The van der Waals surface area contributed by atoms with Gasteiger partial charge in [0.05, 0.1) is 12.6 Å². The number of nitrogens with one attached hydrogen (secondary N) is 1.